The van der Waals surface area contributed by atoms with Gasteiger partial charge in [-0.05, 0) is 91.4 Å². The molecule has 0 atom stereocenters. The maximum atomic E-state index is 13.0. The van der Waals surface area contributed by atoms with E-state index < -0.39 is 31.7 Å². The molecule has 4 rings (SSSR count). The van der Waals surface area contributed by atoms with E-state index in [0.717, 1.165) is 16.3 Å². The Morgan fingerprint density at radius 3 is 2.11 bits per heavy atom. The first kappa shape index (κ1) is 34.6. The number of hydrogen-bond acceptors (Lipinski definition) is 11. The number of nitrogens with one attached hydrogen (secondary N) is 1. The predicted octanol–water partition coefficient (Wildman–Crippen LogP) is 6.00. The maximum absolute atomic E-state index is 13.0. The molecule has 4 aromatic carbocycles. The molecular formula is C30H32N4O9S3. The van der Waals surface area contributed by atoms with E-state index in [-0.39, 0.29) is 32.0 Å². The van der Waals surface area contributed by atoms with Crippen LogP contribution in [0.1, 0.15) is 28.8 Å². The summed E-state index contributed by atoms with van der Waals surface area (Å²) in [7, 11) is -8.15. The lowest BCUT2D eigenvalue weighted by Gasteiger charge is -2.12. The molecule has 0 unspecified atom stereocenters. The lowest BCUT2D eigenvalue weighted by atomic mass is 10.1. The molecule has 5 N–H and O–H groups in total. The summed E-state index contributed by atoms with van der Waals surface area (Å²) in [4.78, 5) is 13.6. The van der Waals surface area contributed by atoms with Gasteiger partial charge >= 0.3 is 0 Å². The van der Waals surface area contributed by atoms with E-state index in [4.69, 9.17) is 24.3 Å². The minimum Gasteiger partial charge on any atom is -0.493 e. The summed E-state index contributed by atoms with van der Waals surface area (Å²) < 4.78 is 72.7. The average molecular weight is 689 g/mol. The standard InChI is InChI=1S/C30H32N4O9S3/c1-19-14-26(31)29(43-11-3-13-46(39,40)41)18-27(19)34-33-22-6-4-20(5-7-22)30(35)32-23-8-9-25-21(15-23)16-24(44)17-28(25)42-10-2-12-45(36,37)38/h4-9,14-18,44H,2-3,10-13,31H2,1H3,(H,32,35)(H,36,37,38)(H,39,40,41). The Labute approximate surface area is 271 Å². The SMILES string of the molecule is Cc1cc(N)c(OCCCS(=O)(=O)O)cc1N=Nc1ccc(C(=O)Nc2ccc3c(OCCCS(=O)(=O)O)cc(S)cc3c2)cc1. The van der Waals surface area contributed by atoms with Gasteiger partial charge in [-0.15, -0.1) is 12.6 Å². The van der Waals surface area contributed by atoms with Crippen molar-refractivity contribution >= 4 is 72.3 Å². The van der Waals surface area contributed by atoms with E-state index in [9.17, 15) is 21.6 Å². The van der Waals surface area contributed by atoms with Gasteiger partial charge in [0.25, 0.3) is 26.1 Å². The zero-order valence-corrected chi connectivity index (χ0v) is 27.1. The largest absolute Gasteiger partial charge is 0.493 e. The summed E-state index contributed by atoms with van der Waals surface area (Å²) >= 11 is 4.42. The van der Waals surface area contributed by atoms with E-state index >= 15 is 0 Å². The number of aryl methyl sites for hydroxylation is 1. The second kappa shape index (κ2) is 14.9. The number of ether oxygens (including phenoxy) is 2. The normalized spacial score (nSPS) is 12.0. The van der Waals surface area contributed by atoms with Gasteiger partial charge in [-0.3, -0.25) is 13.9 Å². The number of benzene rings is 4. The van der Waals surface area contributed by atoms with Gasteiger partial charge in [-0.25, -0.2) is 0 Å². The number of amides is 1. The Bertz CT molecular complexity index is 1980. The molecule has 46 heavy (non-hydrogen) atoms. The summed E-state index contributed by atoms with van der Waals surface area (Å²) in [6, 6.07) is 18.5. The molecule has 0 saturated heterocycles. The molecule has 0 aliphatic carbocycles. The number of rotatable bonds is 14. The van der Waals surface area contributed by atoms with E-state index in [1.54, 1.807) is 73.7 Å². The maximum Gasteiger partial charge on any atom is 0.264 e. The number of thiol groups is 1. The van der Waals surface area contributed by atoms with E-state index in [1.165, 1.54) is 0 Å². The van der Waals surface area contributed by atoms with Gasteiger partial charge in [0, 0.05) is 27.6 Å². The number of anilines is 2. The van der Waals surface area contributed by atoms with Crippen molar-refractivity contribution in [2.75, 3.05) is 35.8 Å². The molecule has 244 valence electrons. The van der Waals surface area contributed by atoms with Gasteiger partial charge < -0.3 is 20.5 Å². The van der Waals surface area contributed by atoms with Gasteiger partial charge in [-0.1, -0.05) is 0 Å². The predicted molar refractivity (Wildman–Crippen MR) is 178 cm³/mol. The third-order valence-corrected chi connectivity index (χ3v) is 8.36. The van der Waals surface area contributed by atoms with Crippen LogP contribution in [0.15, 0.2) is 81.9 Å². The van der Waals surface area contributed by atoms with Crippen LogP contribution < -0.4 is 20.5 Å². The van der Waals surface area contributed by atoms with Crippen molar-refractivity contribution in [3.8, 4) is 11.5 Å². The van der Waals surface area contributed by atoms with E-state index in [0.29, 0.717) is 44.7 Å². The summed E-state index contributed by atoms with van der Waals surface area (Å²) in [6.45, 7) is 1.91. The fourth-order valence-corrected chi connectivity index (χ4v) is 5.51. The molecule has 0 aromatic heterocycles. The van der Waals surface area contributed by atoms with Crippen LogP contribution in [0.3, 0.4) is 0 Å². The number of fused-ring (bicyclic) bond motifs is 1. The smallest absolute Gasteiger partial charge is 0.264 e. The van der Waals surface area contributed by atoms with Gasteiger partial charge in [0.05, 0.1) is 41.8 Å². The van der Waals surface area contributed by atoms with E-state index in [1.807, 2.05) is 0 Å². The number of hydrogen-bond donors (Lipinski definition) is 5. The second-order valence-corrected chi connectivity index (χ2v) is 13.9. The number of nitrogens with zero attached hydrogens (tertiary/aromatic N) is 2. The van der Waals surface area contributed by atoms with E-state index in [2.05, 4.69) is 28.2 Å². The second-order valence-electron chi connectivity index (χ2n) is 10.2. The number of nitrogen functional groups attached to an aromatic ring is 1. The van der Waals surface area contributed by atoms with Gasteiger partial charge in [0.1, 0.15) is 11.5 Å². The third-order valence-electron chi connectivity index (χ3n) is 6.50. The van der Waals surface area contributed by atoms with Crippen molar-refractivity contribution in [2.24, 2.45) is 10.2 Å². The molecule has 16 heteroatoms. The number of carbonyl (C=O) groups is 1. The first-order valence-corrected chi connectivity index (χ1v) is 17.5. The third kappa shape index (κ3) is 10.4. The number of azo groups is 1. The van der Waals surface area contributed by atoms with Crippen LogP contribution in [0.25, 0.3) is 10.8 Å². The van der Waals surface area contributed by atoms with Crippen molar-refractivity contribution in [2.45, 2.75) is 24.7 Å². The van der Waals surface area contributed by atoms with Gasteiger partial charge in [-0.2, -0.15) is 27.1 Å². The highest BCUT2D eigenvalue weighted by Crippen LogP contribution is 2.33. The molecule has 0 bridgehead atoms. The highest BCUT2D eigenvalue weighted by Gasteiger charge is 2.12. The molecule has 13 nitrogen and oxygen atoms in total. The van der Waals surface area contributed by atoms with Crippen LogP contribution in [-0.2, 0) is 20.2 Å². The van der Waals surface area contributed by atoms with Crippen molar-refractivity contribution in [3.63, 3.8) is 0 Å². The average Bonchev–Trinajstić information content (AvgIpc) is 2.96. The first-order chi connectivity index (χ1) is 21.7. The number of nitrogens with two attached hydrogens (primary N) is 1. The van der Waals surface area contributed by atoms with Crippen molar-refractivity contribution in [1.82, 2.24) is 0 Å². The molecular weight excluding hydrogens is 657 g/mol. The zero-order chi connectivity index (χ0) is 33.5. The van der Waals surface area contributed by atoms with Crippen molar-refractivity contribution < 1.29 is 40.2 Å². The topological polar surface area (TPSA) is 207 Å². The minimum atomic E-state index is -4.08. The van der Waals surface area contributed by atoms with Crippen LogP contribution >= 0.6 is 12.6 Å². The quantitative estimate of drug-likeness (QED) is 0.0343. The van der Waals surface area contributed by atoms with Crippen LogP contribution in [0.4, 0.5) is 22.7 Å². The molecule has 0 radical (unpaired) electrons. The Morgan fingerprint density at radius 1 is 0.848 bits per heavy atom. The molecule has 0 saturated carbocycles. The summed E-state index contributed by atoms with van der Waals surface area (Å²) in [5.41, 5.74) is 8.97. The lowest BCUT2D eigenvalue weighted by molar-refractivity contribution is 0.102. The van der Waals surface area contributed by atoms with Gasteiger partial charge in [0.2, 0.25) is 0 Å². The first-order valence-electron chi connectivity index (χ1n) is 13.8. The zero-order valence-electron chi connectivity index (χ0n) is 24.6. The summed E-state index contributed by atoms with van der Waals surface area (Å²) in [6.07, 6.45) is 0.201. The molecule has 0 aliphatic heterocycles. The summed E-state index contributed by atoms with van der Waals surface area (Å²) in [5.74, 6) is -0.386. The van der Waals surface area contributed by atoms with Crippen molar-refractivity contribution in [3.05, 3.63) is 77.9 Å². The highest BCUT2D eigenvalue weighted by atomic mass is 32.2. The molecule has 4 aromatic rings. The van der Waals surface area contributed by atoms with Crippen LogP contribution in [0, 0.1) is 6.92 Å². The monoisotopic (exact) mass is 688 g/mol. The summed E-state index contributed by atoms with van der Waals surface area (Å²) in [5, 5.41) is 12.8. The molecule has 1 amide bonds. The molecule has 0 heterocycles. The molecule has 0 spiro atoms. The Morgan fingerprint density at radius 2 is 1.48 bits per heavy atom. The van der Waals surface area contributed by atoms with Crippen LogP contribution in [0.2, 0.25) is 0 Å². The highest BCUT2D eigenvalue weighted by molar-refractivity contribution is 7.86. The number of carbonyl (C=O) groups excluding carboxylic acids is 1. The Hall–Kier alpha value is -4.22. The Balaban J connectivity index is 1.39. The van der Waals surface area contributed by atoms with Crippen molar-refractivity contribution in [1.29, 1.82) is 0 Å². The minimum absolute atomic E-state index is 0.0278. The lowest BCUT2D eigenvalue weighted by Crippen LogP contribution is -2.11. The molecule has 0 fully saturated rings. The molecule has 0 aliphatic rings. The fraction of sp³-hybridized carbons (Fsp3) is 0.233. The fourth-order valence-electron chi connectivity index (χ4n) is 4.29. The Kier molecular flexibility index (Phi) is 11.2. The van der Waals surface area contributed by atoms with Gasteiger partial charge in [0.15, 0.2) is 0 Å². The van der Waals surface area contributed by atoms with Crippen LogP contribution in [0.5, 0.6) is 11.5 Å². The van der Waals surface area contributed by atoms with Crippen LogP contribution in [-0.4, -0.2) is 56.6 Å².